The topological polar surface area (TPSA) is 50.7 Å². The van der Waals surface area contributed by atoms with Crippen LogP contribution in [-0.4, -0.2) is 22.2 Å². The van der Waals surface area contributed by atoms with Crippen molar-refractivity contribution in [1.82, 2.24) is 15.2 Å². The SMILES string of the molecule is CNc1nncc2cccnc12. The first kappa shape index (κ1) is 6.97. The van der Waals surface area contributed by atoms with Crippen molar-refractivity contribution in [2.75, 3.05) is 12.4 Å². The van der Waals surface area contributed by atoms with Crippen LogP contribution in [0.25, 0.3) is 10.9 Å². The van der Waals surface area contributed by atoms with Crippen LogP contribution in [0.5, 0.6) is 0 Å². The van der Waals surface area contributed by atoms with Gasteiger partial charge in [0.1, 0.15) is 5.52 Å². The third-order valence-electron chi connectivity index (χ3n) is 1.65. The highest BCUT2D eigenvalue weighted by Gasteiger charge is 1.99. The summed E-state index contributed by atoms with van der Waals surface area (Å²) < 4.78 is 0. The number of nitrogens with one attached hydrogen (secondary N) is 1. The Morgan fingerprint density at radius 1 is 1.42 bits per heavy atom. The zero-order valence-electron chi connectivity index (χ0n) is 6.65. The van der Waals surface area contributed by atoms with E-state index >= 15 is 0 Å². The molecule has 0 saturated heterocycles. The third-order valence-corrected chi connectivity index (χ3v) is 1.65. The lowest BCUT2D eigenvalue weighted by molar-refractivity contribution is 1.04. The van der Waals surface area contributed by atoms with Crippen molar-refractivity contribution in [2.45, 2.75) is 0 Å². The molecule has 0 aromatic carbocycles. The molecule has 0 unspecified atom stereocenters. The molecule has 0 bridgehead atoms. The zero-order valence-corrected chi connectivity index (χ0v) is 6.65. The van der Waals surface area contributed by atoms with E-state index in [4.69, 9.17) is 0 Å². The molecule has 0 spiro atoms. The highest BCUT2D eigenvalue weighted by Crippen LogP contribution is 2.14. The van der Waals surface area contributed by atoms with Crippen molar-refractivity contribution in [2.24, 2.45) is 0 Å². The Balaban J connectivity index is 2.79. The Morgan fingerprint density at radius 2 is 2.33 bits per heavy atom. The molecule has 1 N–H and O–H groups in total. The molecule has 2 rings (SSSR count). The van der Waals surface area contributed by atoms with E-state index in [1.807, 2.05) is 12.1 Å². The van der Waals surface area contributed by atoms with Gasteiger partial charge in [0.05, 0.1) is 6.20 Å². The smallest absolute Gasteiger partial charge is 0.174 e. The second-order valence-corrected chi connectivity index (χ2v) is 2.38. The van der Waals surface area contributed by atoms with Gasteiger partial charge in [0.25, 0.3) is 0 Å². The van der Waals surface area contributed by atoms with Crippen molar-refractivity contribution in [3.63, 3.8) is 0 Å². The quantitative estimate of drug-likeness (QED) is 0.677. The Bertz CT molecular complexity index is 394. The van der Waals surface area contributed by atoms with E-state index in [9.17, 15) is 0 Å². The average Bonchev–Trinajstić information content (AvgIpc) is 2.17. The van der Waals surface area contributed by atoms with Crippen LogP contribution < -0.4 is 5.32 Å². The molecule has 4 heteroatoms. The maximum absolute atomic E-state index is 4.19. The summed E-state index contributed by atoms with van der Waals surface area (Å²) >= 11 is 0. The highest BCUT2D eigenvalue weighted by atomic mass is 15.2. The number of nitrogens with zero attached hydrogens (tertiary/aromatic N) is 3. The van der Waals surface area contributed by atoms with Crippen LogP contribution >= 0.6 is 0 Å². The minimum absolute atomic E-state index is 0.716. The van der Waals surface area contributed by atoms with Crippen LogP contribution in [0.15, 0.2) is 24.5 Å². The summed E-state index contributed by atoms with van der Waals surface area (Å²) in [5, 5.41) is 11.7. The summed E-state index contributed by atoms with van der Waals surface area (Å²) in [5.74, 6) is 0.716. The number of hydrogen-bond donors (Lipinski definition) is 1. The predicted octanol–water partition coefficient (Wildman–Crippen LogP) is 1.07. The van der Waals surface area contributed by atoms with Gasteiger partial charge in [-0.15, -0.1) is 5.10 Å². The first-order valence-electron chi connectivity index (χ1n) is 3.66. The van der Waals surface area contributed by atoms with Crippen LogP contribution in [0.4, 0.5) is 5.82 Å². The van der Waals surface area contributed by atoms with Crippen molar-refractivity contribution in [3.8, 4) is 0 Å². The highest BCUT2D eigenvalue weighted by molar-refractivity contribution is 5.86. The van der Waals surface area contributed by atoms with Crippen molar-refractivity contribution < 1.29 is 0 Å². The largest absolute Gasteiger partial charge is 0.370 e. The van der Waals surface area contributed by atoms with Gasteiger partial charge in [-0.25, -0.2) is 0 Å². The zero-order chi connectivity index (χ0) is 8.39. The summed E-state index contributed by atoms with van der Waals surface area (Å²) in [5.41, 5.74) is 0.856. The monoisotopic (exact) mass is 160 g/mol. The van der Waals surface area contributed by atoms with Gasteiger partial charge in [0.2, 0.25) is 0 Å². The fraction of sp³-hybridized carbons (Fsp3) is 0.125. The Morgan fingerprint density at radius 3 is 3.17 bits per heavy atom. The summed E-state index contributed by atoms with van der Waals surface area (Å²) in [6.45, 7) is 0. The number of aromatic nitrogens is 3. The molecule has 0 aliphatic carbocycles. The molecule has 12 heavy (non-hydrogen) atoms. The second-order valence-electron chi connectivity index (χ2n) is 2.38. The molecular weight excluding hydrogens is 152 g/mol. The lowest BCUT2D eigenvalue weighted by Gasteiger charge is -2.00. The Hall–Kier alpha value is -1.71. The summed E-state index contributed by atoms with van der Waals surface area (Å²) in [6.07, 6.45) is 3.44. The lowest BCUT2D eigenvalue weighted by atomic mass is 10.3. The molecule has 60 valence electrons. The van der Waals surface area contributed by atoms with E-state index in [2.05, 4.69) is 20.5 Å². The van der Waals surface area contributed by atoms with Crippen molar-refractivity contribution in [3.05, 3.63) is 24.5 Å². The molecule has 0 aliphatic heterocycles. The summed E-state index contributed by atoms with van der Waals surface area (Å²) in [7, 11) is 1.80. The molecule has 0 aliphatic rings. The fourth-order valence-corrected chi connectivity index (χ4v) is 1.08. The summed E-state index contributed by atoms with van der Waals surface area (Å²) in [4.78, 5) is 4.19. The molecule has 2 aromatic heterocycles. The minimum atomic E-state index is 0.716. The van der Waals surface area contributed by atoms with Gasteiger partial charge in [-0.1, -0.05) is 0 Å². The van der Waals surface area contributed by atoms with E-state index < -0.39 is 0 Å². The first-order chi connectivity index (χ1) is 5.92. The number of pyridine rings is 1. The Labute approximate surface area is 69.7 Å². The summed E-state index contributed by atoms with van der Waals surface area (Å²) in [6, 6.07) is 3.83. The molecule has 0 amide bonds. The molecule has 0 atom stereocenters. The first-order valence-corrected chi connectivity index (χ1v) is 3.66. The fourth-order valence-electron chi connectivity index (χ4n) is 1.08. The van der Waals surface area contributed by atoms with Gasteiger partial charge in [0, 0.05) is 18.6 Å². The third kappa shape index (κ3) is 0.972. The Kier molecular flexibility index (Phi) is 1.59. The molecule has 4 nitrogen and oxygen atoms in total. The molecule has 0 saturated carbocycles. The van der Waals surface area contributed by atoms with Gasteiger partial charge in [-0.05, 0) is 12.1 Å². The number of fused-ring (bicyclic) bond motifs is 1. The number of anilines is 1. The van der Waals surface area contributed by atoms with Crippen LogP contribution in [0, 0.1) is 0 Å². The van der Waals surface area contributed by atoms with Crippen molar-refractivity contribution >= 4 is 16.7 Å². The van der Waals surface area contributed by atoms with E-state index in [0.29, 0.717) is 5.82 Å². The van der Waals surface area contributed by atoms with Crippen LogP contribution in [0.3, 0.4) is 0 Å². The van der Waals surface area contributed by atoms with Crippen LogP contribution in [-0.2, 0) is 0 Å². The van der Waals surface area contributed by atoms with E-state index in [-0.39, 0.29) is 0 Å². The van der Waals surface area contributed by atoms with Gasteiger partial charge in [-0.3, -0.25) is 4.98 Å². The number of rotatable bonds is 1. The molecule has 0 fully saturated rings. The second kappa shape index (κ2) is 2.73. The molecule has 0 radical (unpaired) electrons. The van der Waals surface area contributed by atoms with E-state index in [1.165, 1.54) is 0 Å². The van der Waals surface area contributed by atoms with Crippen LogP contribution in [0.1, 0.15) is 0 Å². The van der Waals surface area contributed by atoms with E-state index in [1.54, 1.807) is 19.4 Å². The van der Waals surface area contributed by atoms with Crippen LogP contribution in [0.2, 0.25) is 0 Å². The van der Waals surface area contributed by atoms with E-state index in [0.717, 1.165) is 10.9 Å². The molecule has 2 heterocycles. The maximum Gasteiger partial charge on any atom is 0.174 e. The predicted molar refractivity (Wildman–Crippen MR) is 46.9 cm³/mol. The van der Waals surface area contributed by atoms with Crippen molar-refractivity contribution in [1.29, 1.82) is 0 Å². The lowest BCUT2D eigenvalue weighted by Crippen LogP contribution is -1.96. The average molecular weight is 160 g/mol. The minimum Gasteiger partial charge on any atom is -0.370 e. The van der Waals surface area contributed by atoms with Gasteiger partial charge in [0.15, 0.2) is 5.82 Å². The standard InChI is InChI=1S/C8H8N4/c1-9-8-7-6(5-11-12-8)3-2-4-10-7/h2-5H,1H3,(H,9,12). The number of hydrogen-bond acceptors (Lipinski definition) is 4. The maximum atomic E-state index is 4.19. The van der Waals surface area contributed by atoms with Gasteiger partial charge < -0.3 is 5.32 Å². The molecule has 2 aromatic rings. The molecular formula is C8H8N4. The van der Waals surface area contributed by atoms with Gasteiger partial charge >= 0.3 is 0 Å². The normalized spacial score (nSPS) is 10.1. The van der Waals surface area contributed by atoms with Gasteiger partial charge in [-0.2, -0.15) is 5.10 Å².